The van der Waals surface area contributed by atoms with Crippen LogP contribution in [0.3, 0.4) is 0 Å². The number of rotatable bonds is 6. The molecule has 2 atom stereocenters. The van der Waals surface area contributed by atoms with Gasteiger partial charge in [-0.1, -0.05) is 18.2 Å². The smallest absolute Gasteiger partial charge is 0.405 e. The molecule has 0 spiro atoms. The first kappa shape index (κ1) is 22.7. The lowest BCUT2D eigenvalue weighted by atomic mass is 10.1. The highest BCUT2D eigenvalue weighted by Gasteiger charge is 2.42. The van der Waals surface area contributed by atoms with Gasteiger partial charge in [-0.15, -0.1) is 48.5 Å². The van der Waals surface area contributed by atoms with Gasteiger partial charge >= 0.3 is 6.36 Å². The Morgan fingerprint density at radius 2 is 2.11 bits per heavy atom. The van der Waals surface area contributed by atoms with Gasteiger partial charge in [0.05, 0.1) is 5.01 Å². The Morgan fingerprint density at radius 1 is 1.36 bits per heavy atom. The number of para-hydroxylation sites is 1. The molecule has 1 saturated carbocycles. The van der Waals surface area contributed by atoms with Crippen LogP contribution in [0.4, 0.5) is 13.2 Å². The van der Waals surface area contributed by atoms with Crippen molar-refractivity contribution < 1.29 is 17.9 Å². The minimum atomic E-state index is -4.69. The highest BCUT2D eigenvalue weighted by atomic mass is 127. The van der Waals surface area contributed by atoms with Crippen LogP contribution in [0, 0.1) is 6.92 Å². The second-order valence-corrected chi connectivity index (χ2v) is 7.61. The van der Waals surface area contributed by atoms with E-state index in [1.807, 2.05) is 13.1 Å². The summed E-state index contributed by atoms with van der Waals surface area (Å²) in [5, 5.41) is 7.53. The van der Waals surface area contributed by atoms with Gasteiger partial charge in [-0.05, 0) is 25.0 Å². The Morgan fingerprint density at radius 3 is 2.75 bits per heavy atom. The van der Waals surface area contributed by atoms with E-state index in [2.05, 4.69) is 25.3 Å². The Labute approximate surface area is 182 Å². The standard InChI is InChI=1S/C18H21F3N4OS.HI/c1-11-10-24-16(27-11)7-8-23-17(22-2)25-14-9-13(14)12-5-3-4-6-15(12)26-18(19,20)21;/h3-6,10,13-14H,7-9H2,1-2H3,(H2,22,23,25);1H. The number of alkyl halides is 3. The number of aromatic nitrogens is 1. The Bertz CT molecular complexity index is 812. The van der Waals surface area contributed by atoms with Gasteiger partial charge in [-0.25, -0.2) is 4.98 Å². The van der Waals surface area contributed by atoms with Gasteiger partial charge in [-0.3, -0.25) is 4.99 Å². The number of aryl methyl sites for hydroxylation is 1. The predicted molar refractivity (Wildman–Crippen MR) is 115 cm³/mol. The summed E-state index contributed by atoms with van der Waals surface area (Å²) in [6.45, 7) is 2.69. The minimum Gasteiger partial charge on any atom is -0.405 e. The van der Waals surface area contributed by atoms with Crippen molar-refractivity contribution in [1.29, 1.82) is 0 Å². The molecule has 5 nitrogen and oxygen atoms in total. The van der Waals surface area contributed by atoms with Crippen molar-refractivity contribution >= 4 is 41.3 Å². The quantitative estimate of drug-likeness (QED) is 0.336. The zero-order chi connectivity index (χ0) is 19.4. The Hall–Kier alpha value is -1.56. The van der Waals surface area contributed by atoms with E-state index in [9.17, 15) is 13.2 Å². The summed E-state index contributed by atoms with van der Waals surface area (Å²) in [5.74, 6) is 0.454. The van der Waals surface area contributed by atoms with Gasteiger partial charge in [-0.2, -0.15) is 0 Å². The average molecular weight is 526 g/mol. The number of guanidine groups is 1. The first-order valence-corrected chi connectivity index (χ1v) is 9.40. The Balaban J connectivity index is 0.00000280. The molecule has 0 radical (unpaired) electrons. The topological polar surface area (TPSA) is 58.5 Å². The molecule has 2 N–H and O–H groups in total. The van der Waals surface area contributed by atoms with Gasteiger partial charge in [0.25, 0.3) is 0 Å². The molecule has 2 unspecified atom stereocenters. The van der Waals surface area contributed by atoms with E-state index in [0.29, 0.717) is 18.1 Å². The van der Waals surface area contributed by atoms with Crippen molar-refractivity contribution in [2.75, 3.05) is 13.6 Å². The van der Waals surface area contributed by atoms with Crippen molar-refractivity contribution in [2.24, 2.45) is 4.99 Å². The number of nitrogens with one attached hydrogen (secondary N) is 2. The summed E-state index contributed by atoms with van der Waals surface area (Å²) in [5.41, 5.74) is 0.557. The molecule has 1 aliphatic rings. The number of ether oxygens (including phenoxy) is 1. The summed E-state index contributed by atoms with van der Waals surface area (Å²) < 4.78 is 41.9. The molecule has 28 heavy (non-hydrogen) atoms. The normalized spacial score (nSPS) is 19.0. The van der Waals surface area contributed by atoms with Crippen molar-refractivity contribution in [1.82, 2.24) is 15.6 Å². The summed E-state index contributed by atoms with van der Waals surface area (Å²) in [4.78, 5) is 9.67. The van der Waals surface area contributed by atoms with E-state index in [1.165, 1.54) is 17.0 Å². The van der Waals surface area contributed by atoms with Crippen LogP contribution in [-0.4, -0.2) is 36.9 Å². The molecule has 1 aromatic carbocycles. The lowest BCUT2D eigenvalue weighted by molar-refractivity contribution is -0.274. The van der Waals surface area contributed by atoms with Crippen molar-refractivity contribution in [3.63, 3.8) is 0 Å². The first-order valence-electron chi connectivity index (χ1n) is 8.59. The number of hydrogen-bond acceptors (Lipinski definition) is 4. The fourth-order valence-electron chi connectivity index (χ4n) is 2.88. The van der Waals surface area contributed by atoms with Gasteiger partial charge in [0.2, 0.25) is 0 Å². The second kappa shape index (κ2) is 9.77. The van der Waals surface area contributed by atoms with Gasteiger partial charge in [0.1, 0.15) is 5.75 Å². The molecule has 0 bridgehead atoms. The fourth-order valence-corrected chi connectivity index (χ4v) is 3.66. The Kier molecular flexibility index (Phi) is 7.93. The minimum absolute atomic E-state index is 0. The van der Waals surface area contributed by atoms with Crippen LogP contribution in [0.1, 0.15) is 27.8 Å². The largest absolute Gasteiger partial charge is 0.573 e. The molecule has 154 valence electrons. The molecule has 1 aliphatic carbocycles. The van der Waals surface area contributed by atoms with Crippen LogP contribution >= 0.6 is 35.3 Å². The number of nitrogens with zero attached hydrogens (tertiary/aromatic N) is 2. The molecule has 3 rings (SSSR count). The molecule has 10 heteroatoms. The third-order valence-electron chi connectivity index (χ3n) is 4.18. The third kappa shape index (κ3) is 6.50. The molecule has 1 fully saturated rings. The molecule has 0 saturated heterocycles. The zero-order valence-corrected chi connectivity index (χ0v) is 18.6. The molecule has 1 aromatic heterocycles. The predicted octanol–water partition coefficient (Wildman–Crippen LogP) is 4.23. The van der Waals surface area contributed by atoms with E-state index in [0.717, 1.165) is 17.8 Å². The van der Waals surface area contributed by atoms with Crippen molar-refractivity contribution in [3.8, 4) is 5.75 Å². The third-order valence-corrected chi connectivity index (χ3v) is 5.15. The summed E-state index contributed by atoms with van der Waals surface area (Å²) in [7, 11) is 1.67. The van der Waals surface area contributed by atoms with Crippen LogP contribution in [0.15, 0.2) is 35.5 Å². The van der Waals surface area contributed by atoms with E-state index < -0.39 is 6.36 Å². The van der Waals surface area contributed by atoms with Gasteiger partial charge in [0.15, 0.2) is 5.96 Å². The van der Waals surface area contributed by atoms with Crippen LogP contribution in [0.5, 0.6) is 5.75 Å². The molecule has 0 aliphatic heterocycles. The van der Waals surface area contributed by atoms with E-state index in [4.69, 9.17) is 0 Å². The maximum Gasteiger partial charge on any atom is 0.573 e. The number of thiazole rings is 1. The van der Waals surface area contributed by atoms with Gasteiger partial charge in [0, 0.05) is 43.0 Å². The summed E-state index contributed by atoms with van der Waals surface area (Å²) in [6.07, 6.45) is -1.33. The van der Waals surface area contributed by atoms with E-state index in [-0.39, 0.29) is 41.7 Å². The molecular weight excluding hydrogens is 504 g/mol. The van der Waals surface area contributed by atoms with Crippen molar-refractivity contribution in [3.05, 3.63) is 45.9 Å². The van der Waals surface area contributed by atoms with Crippen molar-refractivity contribution in [2.45, 2.75) is 38.1 Å². The summed E-state index contributed by atoms with van der Waals surface area (Å²) in [6, 6.07) is 6.31. The lowest BCUT2D eigenvalue weighted by Crippen LogP contribution is -2.39. The lowest BCUT2D eigenvalue weighted by Gasteiger charge is -2.14. The van der Waals surface area contributed by atoms with Gasteiger partial charge < -0.3 is 15.4 Å². The van der Waals surface area contributed by atoms with Crippen LogP contribution in [0.2, 0.25) is 0 Å². The highest BCUT2D eigenvalue weighted by molar-refractivity contribution is 14.0. The maximum absolute atomic E-state index is 12.6. The van der Waals surface area contributed by atoms with Crippen LogP contribution in [0.25, 0.3) is 0 Å². The molecular formula is C18H22F3IN4OS. The number of aliphatic imine (C=N–C) groups is 1. The summed E-state index contributed by atoms with van der Waals surface area (Å²) >= 11 is 1.66. The molecule has 2 aromatic rings. The van der Waals surface area contributed by atoms with E-state index in [1.54, 1.807) is 30.5 Å². The monoisotopic (exact) mass is 526 g/mol. The SMILES string of the molecule is CN=C(NCCc1ncc(C)s1)NC1CC1c1ccccc1OC(F)(F)F.I. The fraction of sp³-hybridized carbons (Fsp3) is 0.444. The number of benzene rings is 1. The number of halogens is 4. The zero-order valence-electron chi connectivity index (χ0n) is 15.4. The second-order valence-electron chi connectivity index (χ2n) is 6.29. The molecule has 1 heterocycles. The first-order chi connectivity index (χ1) is 12.9. The molecule has 0 amide bonds. The van der Waals surface area contributed by atoms with E-state index >= 15 is 0 Å². The van der Waals surface area contributed by atoms with Crippen LogP contribution in [-0.2, 0) is 6.42 Å². The highest BCUT2D eigenvalue weighted by Crippen LogP contribution is 2.45. The number of hydrogen-bond donors (Lipinski definition) is 2. The average Bonchev–Trinajstić information content (AvgIpc) is 3.24. The van der Waals surface area contributed by atoms with Crippen LogP contribution < -0.4 is 15.4 Å². The maximum atomic E-state index is 12.6.